The Morgan fingerprint density at radius 3 is 2.56 bits per heavy atom. The van der Waals surface area contributed by atoms with E-state index in [0.717, 1.165) is 24.5 Å². The number of nitrogens with zero attached hydrogens (tertiary/aromatic N) is 2. The number of anilines is 1. The van der Waals surface area contributed by atoms with Gasteiger partial charge in [-0.1, -0.05) is 18.2 Å². The molecule has 1 aliphatic heterocycles. The monoisotopic (exact) mass is 340 g/mol. The molecule has 130 valence electrons. The van der Waals surface area contributed by atoms with Gasteiger partial charge in [-0.3, -0.25) is 4.79 Å². The first-order valence-electron chi connectivity index (χ1n) is 8.27. The fraction of sp³-hybridized carbons (Fsp3) is 0.250. The average molecular weight is 340 g/mol. The van der Waals surface area contributed by atoms with Crippen molar-refractivity contribution in [2.45, 2.75) is 0 Å². The minimum absolute atomic E-state index is 0.0467. The molecule has 1 amide bonds. The molecule has 0 aliphatic carbocycles. The summed E-state index contributed by atoms with van der Waals surface area (Å²) < 4.78 is 18.4. The third-order valence-corrected chi connectivity index (χ3v) is 4.28. The van der Waals surface area contributed by atoms with Gasteiger partial charge in [0, 0.05) is 44.0 Å². The van der Waals surface area contributed by atoms with E-state index in [4.69, 9.17) is 4.74 Å². The summed E-state index contributed by atoms with van der Waals surface area (Å²) in [5.41, 5.74) is 1.78. The molecular weight excluding hydrogens is 319 g/mol. The first-order valence-corrected chi connectivity index (χ1v) is 8.27. The van der Waals surface area contributed by atoms with E-state index in [1.54, 1.807) is 25.3 Å². The number of halogens is 1. The Morgan fingerprint density at radius 2 is 1.84 bits per heavy atom. The number of methoxy groups -OCH3 is 1. The molecule has 3 rings (SSSR count). The van der Waals surface area contributed by atoms with E-state index in [1.165, 1.54) is 18.2 Å². The van der Waals surface area contributed by atoms with E-state index in [0.29, 0.717) is 18.7 Å². The topological polar surface area (TPSA) is 32.8 Å². The van der Waals surface area contributed by atoms with Crippen molar-refractivity contribution < 1.29 is 13.9 Å². The van der Waals surface area contributed by atoms with Crippen molar-refractivity contribution in [2.75, 3.05) is 38.2 Å². The molecule has 2 aromatic carbocycles. The number of ether oxygens (including phenoxy) is 1. The zero-order chi connectivity index (χ0) is 17.6. The minimum Gasteiger partial charge on any atom is -0.497 e. The molecule has 0 unspecified atom stereocenters. The summed E-state index contributed by atoms with van der Waals surface area (Å²) >= 11 is 0. The number of amides is 1. The zero-order valence-electron chi connectivity index (χ0n) is 14.2. The molecule has 0 radical (unpaired) electrons. The number of hydrogen-bond donors (Lipinski definition) is 0. The second-order valence-corrected chi connectivity index (χ2v) is 5.90. The molecule has 0 aromatic heterocycles. The first kappa shape index (κ1) is 17.0. The second-order valence-electron chi connectivity index (χ2n) is 5.90. The molecule has 5 heteroatoms. The van der Waals surface area contributed by atoms with Crippen LogP contribution in [0.1, 0.15) is 5.56 Å². The molecule has 1 heterocycles. The second kappa shape index (κ2) is 7.83. The van der Waals surface area contributed by atoms with Crippen molar-refractivity contribution in [3.63, 3.8) is 0 Å². The summed E-state index contributed by atoms with van der Waals surface area (Å²) in [6.45, 7) is 2.85. The number of hydrogen-bond acceptors (Lipinski definition) is 3. The molecule has 1 fully saturated rings. The molecule has 0 bridgehead atoms. The summed E-state index contributed by atoms with van der Waals surface area (Å²) in [6, 6.07) is 14.1. The molecule has 0 N–H and O–H groups in total. The van der Waals surface area contributed by atoms with Crippen LogP contribution in [-0.2, 0) is 4.79 Å². The van der Waals surface area contributed by atoms with Gasteiger partial charge in [0.2, 0.25) is 5.91 Å². The van der Waals surface area contributed by atoms with Crippen LogP contribution in [0.4, 0.5) is 10.1 Å². The van der Waals surface area contributed by atoms with E-state index >= 15 is 0 Å². The third kappa shape index (κ3) is 4.38. The van der Waals surface area contributed by atoms with Crippen molar-refractivity contribution in [1.29, 1.82) is 0 Å². The van der Waals surface area contributed by atoms with Crippen molar-refractivity contribution in [1.82, 2.24) is 4.90 Å². The van der Waals surface area contributed by atoms with Gasteiger partial charge in [0.15, 0.2) is 0 Å². The summed E-state index contributed by atoms with van der Waals surface area (Å²) in [4.78, 5) is 16.4. The van der Waals surface area contributed by atoms with Crippen LogP contribution in [0, 0.1) is 5.82 Å². The third-order valence-electron chi connectivity index (χ3n) is 4.28. The smallest absolute Gasteiger partial charge is 0.246 e. The van der Waals surface area contributed by atoms with Crippen LogP contribution < -0.4 is 9.64 Å². The SMILES string of the molecule is COc1cccc(N2CCN(C(=O)C=Cc3cccc(F)c3)CC2)c1. The van der Waals surface area contributed by atoms with Crippen LogP contribution in [0.5, 0.6) is 5.75 Å². The Balaban J connectivity index is 1.57. The lowest BCUT2D eigenvalue weighted by atomic mass is 10.2. The summed E-state index contributed by atoms with van der Waals surface area (Å²) in [7, 11) is 1.65. The maximum absolute atomic E-state index is 13.2. The van der Waals surface area contributed by atoms with Gasteiger partial charge in [-0.05, 0) is 35.9 Å². The van der Waals surface area contributed by atoms with Crippen molar-refractivity contribution in [3.8, 4) is 5.75 Å². The summed E-state index contributed by atoms with van der Waals surface area (Å²) in [6.07, 6.45) is 3.16. The lowest BCUT2D eigenvalue weighted by Gasteiger charge is -2.35. The molecule has 0 atom stereocenters. The van der Waals surface area contributed by atoms with Crippen molar-refractivity contribution in [2.24, 2.45) is 0 Å². The molecule has 1 aliphatic rings. The maximum Gasteiger partial charge on any atom is 0.246 e. The number of rotatable bonds is 4. The fourth-order valence-electron chi connectivity index (χ4n) is 2.88. The Bertz CT molecular complexity index is 768. The lowest BCUT2D eigenvalue weighted by molar-refractivity contribution is -0.126. The number of carbonyl (C=O) groups excluding carboxylic acids is 1. The average Bonchev–Trinajstić information content (AvgIpc) is 2.66. The molecule has 0 saturated carbocycles. The summed E-state index contributed by atoms with van der Waals surface area (Å²) in [5, 5.41) is 0. The van der Waals surface area contributed by atoms with E-state index in [1.807, 2.05) is 29.2 Å². The van der Waals surface area contributed by atoms with Crippen LogP contribution in [0.3, 0.4) is 0 Å². The van der Waals surface area contributed by atoms with Crippen LogP contribution in [0.2, 0.25) is 0 Å². The quantitative estimate of drug-likeness (QED) is 0.802. The minimum atomic E-state index is -0.304. The van der Waals surface area contributed by atoms with Crippen molar-refractivity contribution >= 4 is 17.7 Å². The Morgan fingerprint density at radius 1 is 1.08 bits per heavy atom. The fourth-order valence-corrected chi connectivity index (χ4v) is 2.88. The summed E-state index contributed by atoms with van der Waals surface area (Å²) in [5.74, 6) is 0.477. The van der Waals surface area contributed by atoms with Gasteiger partial charge >= 0.3 is 0 Å². The number of carbonyl (C=O) groups is 1. The predicted molar refractivity (Wildman–Crippen MR) is 97.2 cm³/mol. The zero-order valence-corrected chi connectivity index (χ0v) is 14.2. The maximum atomic E-state index is 13.2. The van der Waals surface area contributed by atoms with E-state index in [-0.39, 0.29) is 11.7 Å². The normalized spacial score (nSPS) is 14.8. The number of piperazine rings is 1. The highest BCUT2D eigenvalue weighted by molar-refractivity contribution is 5.92. The number of benzene rings is 2. The van der Waals surface area contributed by atoms with Gasteiger partial charge < -0.3 is 14.5 Å². The van der Waals surface area contributed by atoms with Gasteiger partial charge in [-0.15, -0.1) is 0 Å². The van der Waals surface area contributed by atoms with Gasteiger partial charge in [-0.25, -0.2) is 4.39 Å². The van der Waals surface area contributed by atoms with Crippen LogP contribution in [0.15, 0.2) is 54.6 Å². The molecular formula is C20H21FN2O2. The Kier molecular flexibility index (Phi) is 5.33. The van der Waals surface area contributed by atoms with E-state index in [9.17, 15) is 9.18 Å². The standard InChI is InChI=1S/C20H21FN2O2/c1-25-19-7-3-6-18(15-19)22-10-12-23(13-11-22)20(24)9-8-16-4-2-5-17(21)14-16/h2-9,14-15H,10-13H2,1H3. The Hall–Kier alpha value is -2.82. The van der Waals surface area contributed by atoms with E-state index < -0.39 is 0 Å². The first-order chi connectivity index (χ1) is 12.2. The molecule has 0 spiro atoms. The van der Waals surface area contributed by atoms with Crippen LogP contribution in [0.25, 0.3) is 6.08 Å². The van der Waals surface area contributed by atoms with Gasteiger partial charge in [0.25, 0.3) is 0 Å². The molecule has 1 saturated heterocycles. The van der Waals surface area contributed by atoms with Gasteiger partial charge in [0.1, 0.15) is 11.6 Å². The van der Waals surface area contributed by atoms with Gasteiger partial charge in [0.05, 0.1) is 7.11 Å². The van der Waals surface area contributed by atoms with Crippen LogP contribution in [-0.4, -0.2) is 44.1 Å². The molecule has 4 nitrogen and oxygen atoms in total. The lowest BCUT2D eigenvalue weighted by Crippen LogP contribution is -2.48. The molecule has 2 aromatic rings. The van der Waals surface area contributed by atoms with Gasteiger partial charge in [-0.2, -0.15) is 0 Å². The van der Waals surface area contributed by atoms with Crippen molar-refractivity contribution in [3.05, 3.63) is 66.0 Å². The highest BCUT2D eigenvalue weighted by Gasteiger charge is 2.20. The predicted octanol–water partition coefficient (Wildman–Crippen LogP) is 3.20. The highest BCUT2D eigenvalue weighted by atomic mass is 19.1. The molecule has 25 heavy (non-hydrogen) atoms. The van der Waals surface area contributed by atoms with E-state index in [2.05, 4.69) is 4.90 Å². The highest BCUT2D eigenvalue weighted by Crippen LogP contribution is 2.22. The largest absolute Gasteiger partial charge is 0.497 e. The van der Waals surface area contributed by atoms with Crippen LogP contribution >= 0.6 is 0 Å². The Labute approximate surface area is 147 Å².